The van der Waals surface area contributed by atoms with E-state index >= 15 is 0 Å². The summed E-state index contributed by atoms with van der Waals surface area (Å²) in [5, 5.41) is 12.9. The molecule has 1 aromatic heterocycles. The molecule has 0 aliphatic heterocycles. The predicted octanol–water partition coefficient (Wildman–Crippen LogP) is 0.952. The number of carbonyl (C=O) groups excluding carboxylic acids is 2. The molecule has 1 aromatic rings. The Hall–Kier alpha value is -1.25. The third-order valence-corrected chi connectivity index (χ3v) is 4.38. The number of hydrogen-bond donors (Lipinski definition) is 3. The molecule has 2 amide bonds. The van der Waals surface area contributed by atoms with Gasteiger partial charge in [-0.3, -0.25) is 14.4 Å². The van der Waals surface area contributed by atoms with Crippen LogP contribution in [0.1, 0.15) is 4.88 Å². The van der Waals surface area contributed by atoms with Crippen LogP contribution in [0.2, 0.25) is 4.34 Å². The number of hydrogen-bond acceptors (Lipinski definition) is 5. The van der Waals surface area contributed by atoms with E-state index in [4.69, 9.17) is 16.7 Å². The van der Waals surface area contributed by atoms with Gasteiger partial charge in [-0.15, -0.1) is 23.1 Å². The highest BCUT2D eigenvalue weighted by Crippen LogP contribution is 2.24. The highest BCUT2D eigenvalue weighted by Gasteiger charge is 2.07. The fraction of sp³-hybridized carbons (Fsp3) is 0.364. The lowest BCUT2D eigenvalue weighted by atomic mass is 10.5. The Morgan fingerprint density at radius 1 is 1.20 bits per heavy atom. The summed E-state index contributed by atoms with van der Waals surface area (Å²) in [5.41, 5.74) is 0. The van der Waals surface area contributed by atoms with E-state index < -0.39 is 18.4 Å². The second kappa shape index (κ2) is 8.83. The minimum atomic E-state index is -1.13. The number of halogens is 1. The molecule has 20 heavy (non-hydrogen) atoms. The number of rotatable bonds is 8. The number of carboxylic acid groups (broad SMARTS) is 1. The van der Waals surface area contributed by atoms with Gasteiger partial charge in [0.2, 0.25) is 11.8 Å². The van der Waals surface area contributed by atoms with Crippen molar-refractivity contribution < 1.29 is 19.5 Å². The molecule has 0 atom stereocenters. The largest absolute Gasteiger partial charge is 0.480 e. The van der Waals surface area contributed by atoms with E-state index in [9.17, 15) is 14.4 Å². The maximum absolute atomic E-state index is 11.4. The van der Waals surface area contributed by atoms with Crippen molar-refractivity contribution in [3.8, 4) is 0 Å². The molecule has 0 radical (unpaired) electrons. The maximum atomic E-state index is 11.4. The van der Waals surface area contributed by atoms with Crippen LogP contribution in [-0.2, 0) is 20.1 Å². The van der Waals surface area contributed by atoms with E-state index in [2.05, 4.69) is 10.6 Å². The van der Waals surface area contributed by atoms with Crippen LogP contribution in [-0.4, -0.2) is 41.7 Å². The van der Waals surface area contributed by atoms with Gasteiger partial charge in [-0.05, 0) is 12.1 Å². The summed E-state index contributed by atoms with van der Waals surface area (Å²) in [6.07, 6.45) is 0. The first-order valence-electron chi connectivity index (χ1n) is 5.54. The van der Waals surface area contributed by atoms with Crippen LogP contribution in [0.15, 0.2) is 12.1 Å². The zero-order chi connectivity index (χ0) is 15.0. The summed E-state index contributed by atoms with van der Waals surface area (Å²) >= 11 is 8.65. The zero-order valence-corrected chi connectivity index (χ0v) is 12.7. The number of nitrogens with one attached hydrogen (secondary N) is 2. The first-order valence-corrected chi connectivity index (χ1v) is 7.89. The first kappa shape index (κ1) is 16.8. The van der Waals surface area contributed by atoms with Crippen LogP contribution in [0, 0.1) is 0 Å². The van der Waals surface area contributed by atoms with Crippen molar-refractivity contribution in [2.45, 2.75) is 5.75 Å². The van der Waals surface area contributed by atoms with Crippen molar-refractivity contribution in [3.63, 3.8) is 0 Å². The van der Waals surface area contributed by atoms with E-state index in [0.29, 0.717) is 10.1 Å². The zero-order valence-electron chi connectivity index (χ0n) is 10.3. The Balaban J connectivity index is 2.11. The highest BCUT2D eigenvalue weighted by molar-refractivity contribution is 7.99. The van der Waals surface area contributed by atoms with Gasteiger partial charge >= 0.3 is 5.97 Å². The molecule has 9 heteroatoms. The van der Waals surface area contributed by atoms with Crippen molar-refractivity contribution in [1.29, 1.82) is 0 Å². The van der Waals surface area contributed by atoms with Crippen molar-refractivity contribution in [1.82, 2.24) is 10.6 Å². The van der Waals surface area contributed by atoms with E-state index in [1.165, 1.54) is 23.1 Å². The van der Waals surface area contributed by atoms with Crippen LogP contribution in [0.4, 0.5) is 0 Å². The van der Waals surface area contributed by atoms with Crippen molar-refractivity contribution >= 4 is 52.5 Å². The lowest BCUT2D eigenvalue weighted by Gasteiger charge is -2.05. The monoisotopic (exact) mass is 336 g/mol. The van der Waals surface area contributed by atoms with Crippen molar-refractivity contribution in [2.24, 2.45) is 0 Å². The third-order valence-electron chi connectivity index (χ3n) is 1.99. The first-order chi connectivity index (χ1) is 9.47. The number of thiophene rings is 1. The number of aliphatic carboxylic acids is 1. The highest BCUT2D eigenvalue weighted by atomic mass is 35.5. The van der Waals surface area contributed by atoms with Gasteiger partial charge in [-0.2, -0.15) is 0 Å². The lowest BCUT2D eigenvalue weighted by Crippen LogP contribution is -2.39. The summed E-state index contributed by atoms with van der Waals surface area (Å²) in [6, 6.07) is 3.70. The Bertz CT molecular complexity index is 493. The molecule has 1 rings (SSSR count). The summed E-state index contributed by atoms with van der Waals surface area (Å²) in [7, 11) is 0. The van der Waals surface area contributed by atoms with Gasteiger partial charge in [0.25, 0.3) is 0 Å². The van der Waals surface area contributed by atoms with Gasteiger partial charge in [-0.25, -0.2) is 0 Å². The second-order valence-corrected chi connectivity index (χ2v) is 6.43. The maximum Gasteiger partial charge on any atom is 0.322 e. The summed E-state index contributed by atoms with van der Waals surface area (Å²) < 4.78 is 0.708. The van der Waals surface area contributed by atoms with Crippen LogP contribution in [0.5, 0.6) is 0 Å². The minimum Gasteiger partial charge on any atom is -0.480 e. The molecule has 3 N–H and O–H groups in total. The topological polar surface area (TPSA) is 95.5 Å². The van der Waals surface area contributed by atoms with Gasteiger partial charge < -0.3 is 15.7 Å². The average molecular weight is 337 g/mol. The molecule has 1 heterocycles. The summed E-state index contributed by atoms with van der Waals surface area (Å²) in [5.74, 6) is -1.04. The van der Waals surface area contributed by atoms with Gasteiger partial charge in [-0.1, -0.05) is 11.6 Å². The number of carbonyl (C=O) groups is 3. The second-order valence-electron chi connectivity index (χ2n) is 3.65. The third kappa shape index (κ3) is 7.37. The Kier molecular flexibility index (Phi) is 7.42. The van der Waals surface area contributed by atoms with Gasteiger partial charge in [0.1, 0.15) is 6.54 Å². The fourth-order valence-corrected chi connectivity index (χ4v) is 3.20. The molecule has 0 unspecified atom stereocenters. The van der Waals surface area contributed by atoms with E-state index in [0.717, 1.165) is 4.88 Å². The van der Waals surface area contributed by atoms with Gasteiger partial charge in [0.05, 0.1) is 16.6 Å². The quantitative estimate of drug-likeness (QED) is 0.657. The number of thioether (sulfide) groups is 1. The number of carboxylic acids is 1. The normalized spacial score (nSPS) is 10.1. The molecule has 6 nitrogen and oxygen atoms in total. The molecule has 0 saturated carbocycles. The SMILES string of the molecule is O=C(O)CNC(=O)CNC(=O)CSCc1ccc(Cl)s1. The van der Waals surface area contributed by atoms with Crippen LogP contribution in [0.3, 0.4) is 0 Å². The van der Waals surface area contributed by atoms with E-state index in [-0.39, 0.29) is 18.2 Å². The lowest BCUT2D eigenvalue weighted by molar-refractivity contribution is -0.137. The van der Waals surface area contributed by atoms with Crippen molar-refractivity contribution in [2.75, 3.05) is 18.8 Å². The molecule has 0 saturated heterocycles. The molecule has 0 aromatic carbocycles. The molecule has 0 aliphatic carbocycles. The van der Waals surface area contributed by atoms with E-state index in [1.807, 2.05) is 6.07 Å². The molecule has 0 fully saturated rings. The van der Waals surface area contributed by atoms with Crippen LogP contribution >= 0.6 is 34.7 Å². The Morgan fingerprint density at radius 3 is 2.50 bits per heavy atom. The molecular formula is C11H13ClN2O4S2. The molecule has 110 valence electrons. The predicted molar refractivity (Wildman–Crippen MR) is 79.1 cm³/mol. The summed E-state index contributed by atoms with van der Waals surface area (Å²) in [6.45, 7) is -0.680. The Morgan fingerprint density at radius 2 is 1.90 bits per heavy atom. The smallest absolute Gasteiger partial charge is 0.322 e. The van der Waals surface area contributed by atoms with Crippen molar-refractivity contribution in [3.05, 3.63) is 21.3 Å². The van der Waals surface area contributed by atoms with E-state index in [1.54, 1.807) is 6.07 Å². The van der Waals surface area contributed by atoms with Gasteiger partial charge in [0.15, 0.2) is 0 Å². The fourth-order valence-electron chi connectivity index (χ4n) is 1.14. The molecule has 0 aliphatic rings. The molecule has 0 spiro atoms. The number of amides is 2. The summed E-state index contributed by atoms with van der Waals surface area (Å²) in [4.78, 5) is 33.9. The molecule has 0 bridgehead atoms. The van der Waals surface area contributed by atoms with Crippen LogP contribution < -0.4 is 10.6 Å². The molecular weight excluding hydrogens is 324 g/mol. The average Bonchev–Trinajstić information content (AvgIpc) is 2.79. The standard InChI is InChI=1S/C11H13ClN2O4S2/c12-8-2-1-7(20-8)5-19-6-10(16)13-3-9(15)14-4-11(17)18/h1-2H,3-6H2,(H,13,16)(H,14,15)(H,17,18). The van der Waals surface area contributed by atoms with Crippen LogP contribution in [0.25, 0.3) is 0 Å². The Labute approximate surface area is 128 Å². The van der Waals surface area contributed by atoms with Gasteiger partial charge in [0, 0.05) is 10.6 Å². The minimum absolute atomic E-state index is 0.224.